The topological polar surface area (TPSA) is 105 Å². The second-order valence-electron chi connectivity index (χ2n) is 24.7. The molecule has 0 saturated carbocycles. The van der Waals surface area contributed by atoms with E-state index in [1.54, 1.807) is 24.3 Å². The molecule has 88 heavy (non-hydrogen) atoms. The Morgan fingerprint density at radius 3 is 1.15 bits per heavy atom. The molecule has 6 heterocycles. The zero-order chi connectivity index (χ0) is 62.2. The fraction of sp³-hybridized carbons (Fsp3) is 0.338. The van der Waals surface area contributed by atoms with Crippen molar-refractivity contribution in [1.82, 2.24) is 29.4 Å². The van der Waals surface area contributed by atoms with Crippen LogP contribution in [0.2, 0.25) is 15.1 Å². The highest BCUT2D eigenvalue weighted by molar-refractivity contribution is 9.11. The maximum absolute atomic E-state index is 12.8. The molecule has 11 nitrogen and oxygen atoms in total. The maximum atomic E-state index is 12.8. The van der Waals surface area contributed by atoms with Gasteiger partial charge >= 0.3 is 0 Å². The minimum absolute atomic E-state index is 0.0437. The first kappa shape index (κ1) is 65.1. The first-order valence-electron chi connectivity index (χ1n) is 30.0. The fourth-order valence-corrected chi connectivity index (χ4v) is 14.4. The van der Waals surface area contributed by atoms with Crippen LogP contribution in [-0.4, -0.2) is 137 Å². The molecular formula is C71H72Br3Cl3N6O5. The van der Waals surface area contributed by atoms with E-state index in [9.17, 15) is 24.0 Å². The van der Waals surface area contributed by atoms with Crippen molar-refractivity contribution in [2.75, 3.05) is 78.5 Å². The van der Waals surface area contributed by atoms with Crippen molar-refractivity contribution >= 4 is 130 Å². The average molecular weight is 1440 g/mol. The molecule has 0 bridgehead atoms. The molecular weight excluding hydrogens is 1360 g/mol. The highest BCUT2D eigenvalue weighted by Crippen LogP contribution is 2.44. The fourth-order valence-electron chi connectivity index (χ4n) is 12.8. The van der Waals surface area contributed by atoms with E-state index in [0.717, 1.165) is 186 Å². The number of amides is 5. The molecule has 0 N–H and O–H groups in total. The lowest BCUT2D eigenvalue weighted by Crippen LogP contribution is -2.62. The summed E-state index contributed by atoms with van der Waals surface area (Å²) in [6, 6.07) is 42.6. The summed E-state index contributed by atoms with van der Waals surface area (Å²) in [4.78, 5) is 75.0. The second kappa shape index (κ2) is 29.0. The molecule has 6 fully saturated rings. The highest BCUT2D eigenvalue weighted by Gasteiger charge is 2.49. The molecule has 5 amide bonds. The van der Waals surface area contributed by atoms with Crippen molar-refractivity contribution in [3.63, 3.8) is 0 Å². The van der Waals surface area contributed by atoms with Crippen molar-refractivity contribution in [3.05, 3.63) is 225 Å². The van der Waals surface area contributed by atoms with Gasteiger partial charge in [-0.1, -0.05) is 143 Å². The predicted octanol–water partition coefficient (Wildman–Crippen LogP) is 15.6. The van der Waals surface area contributed by atoms with Gasteiger partial charge in [0.15, 0.2) is 0 Å². The summed E-state index contributed by atoms with van der Waals surface area (Å²) in [7, 11) is 0. The highest BCUT2D eigenvalue weighted by atomic mass is 79.9. The number of likely N-dealkylation sites (tertiary alicyclic amines) is 6. The van der Waals surface area contributed by atoms with Crippen molar-refractivity contribution in [2.45, 2.75) is 58.9 Å². The third-order valence-corrected chi connectivity index (χ3v) is 20.6. The van der Waals surface area contributed by atoms with E-state index >= 15 is 0 Å². The molecule has 17 heteroatoms. The number of halogens is 6. The Kier molecular flexibility index (Phi) is 21.4. The number of carbonyl (C=O) groups excluding carboxylic acids is 5. The minimum Gasteiger partial charge on any atom is -0.339 e. The number of hydrogen-bond acceptors (Lipinski definition) is 6. The number of carbonyl (C=O) groups is 5. The Morgan fingerprint density at radius 1 is 0.420 bits per heavy atom. The Hall–Kier alpha value is -5.84. The molecule has 6 aliphatic rings. The van der Waals surface area contributed by atoms with Gasteiger partial charge in [0.2, 0.25) is 17.7 Å². The largest absolute Gasteiger partial charge is 0.339 e. The molecule has 0 unspecified atom stereocenters. The number of aryl methyl sites for hydroxylation is 2. The number of piperidine rings is 3. The van der Waals surface area contributed by atoms with E-state index in [-0.39, 0.29) is 40.4 Å². The Balaban J connectivity index is 0.000000146. The van der Waals surface area contributed by atoms with E-state index in [0.29, 0.717) is 16.0 Å². The maximum Gasteiger partial charge on any atom is 0.253 e. The van der Waals surface area contributed by atoms with Gasteiger partial charge in [-0.15, -0.1) is 0 Å². The molecule has 12 rings (SSSR count). The molecule has 0 radical (unpaired) electrons. The van der Waals surface area contributed by atoms with Crippen LogP contribution in [0, 0.1) is 30.1 Å². The molecule has 6 aromatic rings. The van der Waals surface area contributed by atoms with E-state index in [1.807, 2.05) is 184 Å². The van der Waals surface area contributed by atoms with Crippen LogP contribution in [0.25, 0.3) is 18.2 Å². The van der Waals surface area contributed by atoms with Crippen LogP contribution in [0.4, 0.5) is 0 Å². The molecule has 6 saturated heterocycles. The van der Waals surface area contributed by atoms with Gasteiger partial charge in [-0.3, -0.25) is 28.9 Å². The van der Waals surface area contributed by atoms with Gasteiger partial charge in [0, 0.05) is 159 Å². The summed E-state index contributed by atoms with van der Waals surface area (Å²) in [6.45, 7) is 14.6. The number of rotatable bonds is 10. The molecule has 0 atom stereocenters. The smallest absolute Gasteiger partial charge is 0.253 e. The van der Waals surface area contributed by atoms with Crippen LogP contribution in [0.15, 0.2) is 165 Å². The van der Waals surface area contributed by atoms with Crippen molar-refractivity contribution < 1.29 is 24.0 Å². The van der Waals surface area contributed by atoms with Gasteiger partial charge in [0.1, 0.15) is 0 Å². The Labute approximate surface area is 557 Å². The summed E-state index contributed by atoms with van der Waals surface area (Å²) in [6.07, 6.45) is 16.5. The van der Waals surface area contributed by atoms with Crippen LogP contribution >= 0.6 is 82.6 Å². The summed E-state index contributed by atoms with van der Waals surface area (Å²) in [5.74, 6) is 0.378. The van der Waals surface area contributed by atoms with Crippen LogP contribution in [0.3, 0.4) is 0 Å². The van der Waals surface area contributed by atoms with Crippen LogP contribution < -0.4 is 0 Å². The summed E-state index contributed by atoms with van der Waals surface area (Å²) < 4.78 is 3.08. The number of hydrogen-bond donors (Lipinski definition) is 0. The normalized spacial score (nSPS) is 18.3. The van der Waals surface area contributed by atoms with Gasteiger partial charge < -0.3 is 24.5 Å². The third kappa shape index (κ3) is 16.8. The standard InChI is InChI=1S/C24H24BrClN2O2.C24H25BrN2O2.C23H23BrCl2N2O/c1-17-12-19(14-21(26)13-17)23(30)28-15-24(16-28)8-10-27(11-9-24)22(29)7-4-18-2-5-20(25)6-3-18;1-18-3-2-4-20(15-18)23(29)27-16-24(17-27)11-13-26(14-12-24)22(28)10-7-19-5-8-21(25)9-6-19;24-18-7-4-17(5-8-18)6-9-22(29)28-12-10-23(11-13-28)15-27(16-23)14-19-20(25)2-1-3-21(19)26/h2-7,12-14H,8-11,15-16H2,1H3;2-10,15H,11-14,16-17H2,1H3;1-9H,10-16H2/b7-4+;10-7+;9-6+. The van der Waals surface area contributed by atoms with Crippen LogP contribution in [-0.2, 0) is 20.9 Å². The first-order chi connectivity index (χ1) is 42.2. The zero-order valence-electron chi connectivity index (χ0n) is 49.6. The summed E-state index contributed by atoms with van der Waals surface area (Å²) in [5.41, 5.74) is 8.24. The number of benzene rings is 6. The van der Waals surface area contributed by atoms with Gasteiger partial charge in [-0.2, -0.15) is 0 Å². The van der Waals surface area contributed by atoms with E-state index in [4.69, 9.17) is 34.8 Å². The van der Waals surface area contributed by atoms with Crippen LogP contribution in [0.1, 0.15) is 92.6 Å². The van der Waals surface area contributed by atoms with E-state index in [1.165, 1.54) is 0 Å². The lowest BCUT2D eigenvalue weighted by molar-refractivity contribution is -0.131. The third-order valence-electron chi connectivity index (χ3n) is 18.1. The van der Waals surface area contributed by atoms with Gasteiger partial charge in [-0.05, 0) is 177 Å². The lowest BCUT2D eigenvalue weighted by Gasteiger charge is -2.54. The first-order valence-corrected chi connectivity index (χ1v) is 33.5. The van der Waals surface area contributed by atoms with Crippen LogP contribution in [0.5, 0.6) is 0 Å². The average Bonchev–Trinajstić information content (AvgIpc) is 0.907. The van der Waals surface area contributed by atoms with Crippen molar-refractivity contribution in [1.29, 1.82) is 0 Å². The monoisotopic (exact) mass is 1430 g/mol. The van der Waals surface area contributed by atoms with Gasteiger partial charge in [0.25, 0.3) is 11.8 Å². The lowest BCUT2D eigenvalue weighted by atomic mass is 9.71. The van der Waals surface area contributed by atoms with E-state index < -0.39 is 0 Å². The minimum atomic E-state index is 0.0437. The predicted molar refractivity (Wildman–Crippen MR) is 365 cm³/mol. The quantitative estimate of drug-likeness (QED) is 0.127. The SMILES string of the molecule is Cc1cc(Cl)cc(C(=O)N2CC3(CCN(C(=O)/C=C/c4ccc(Br)cc4)CC3)C2)c1.Cc1cccc(C(=O)N2CC3(CCN(C(=O)/C=C/c4ccc(Br)cc4)CC3)C2)c1.O=C(/C=C/c1ccc(Br)cc1)N1CCC2(CC1)CN(Cc1c(Cl)cccc1Cl)C2. The van der Waals surface area contributed by atoms with E-state index in [2.05, 4.69) is 52.7 Å². The molecule has 6 aliphatic heterocycles. The molecule has 458 valence electrons. The number of nitrogens with zero attached hydrogens (tertiary/aromatic N) is 6. The molecule has 3 spiro atoms. The summed E-state index contributed by atoms with van der Waals surface area (Å²) in [5, 5.41) is 2.06. The Morgan fingerprint density at radius 2 is 0.773 bits per heavy atom. The van der Waals surface area contributed by atoms with Gasteiger partial charge in [0.05, 0.1) is 0 Å². The molecule has 0 aliphatic carbocycles. The Bertz CT molecular complexity index is 3550. The second-order valence-corrected chi connectivity index (χ2v) is 28.7. The van der Waals surface area contributed by atoms with Gasteiger partial charge in [-0.25, -0.2) is 0 Å². The molecule has 0 aromatic heterocycles. The zero-order valence-corrected chi connectivity index (χ0v) is 56.6. The van der Waals surface area contributed by atoms with Crippen molar-refractivity contribution in [3.8, 4) is 0 Å². The summed E-state index contributed by atoms with van der Waals surface area (Å²) >= 11 is 29.0. The molecule has 6 aromatic carbocycles. The van der Waals surface area contributed by atoms with Crippen molar-refractivity contribution in [2.24, 2.45) is 16.2 Å².